The minimum atomic E-state index is -2.40. The van der Waals surface area contributed by atoms with Crippen LogP contribution in [0.15, 0.2) is 18.2 Å². The first-order valence-corrected chi connectivity index (χ1v) is 5.56. The largest absolute Gasteiger partial charge is 0.497 e. The van der Waals surface area contributed by atoms with Gasteiger partial charge in [-0.05, 0) is 30.7 Å². The number of hydrogen-bond acceptors (Lipinski definition) is 2. The van der Waals surface area contributed by atoms with Gasteiger partial charge >= 0.3 is 0 Å². The monoisotopic (exact) mass is 219 g/mol. The summed E-state index contributed by atoms with van der Waals surface area (Å²) in [5, 5.41) is 4.53. The van der Waals surface area contributed by atoms with Gasteiger partial charge in [0.15, 0.2) is 0 Å². The van der Waals surface area contributed by atoms with Crippen LogP contribution in [0.4, 0.5) is 0 Å². The first-order chi connectivity index (χ1) is 9.03. The molecule has 0 amide bonds. The Labute approximate surface area is 99.0 Å². The van der Waals surface area contributed by atoms with Crippen molar-refractivity contribution in [3.8, 4) is 5.75 Å². The molecule has 0 atom stereocenters. The van der Waals surface area contributed by atoms with Crippen LogP contribution in [0.2, 0.25) is 0 Å². The van der Waals surface area contributed by atoms with E-state index in [0.29, 0.717) is 5.75 Å². The van der Waals surface area contributed by atoms with Crippen LogP contribution in [-0.4, -0.2) is 25.1 Å². The number of hydrogen-bond donors (Lipinski definition) is 2. The lowest BCUT2D eigenvalue weighted by Crippen LogP contribution is -2.16. The van der Waals surface area contributed by atoms with E-state index >= 15 is 0 Å². The topological polar surface area (TPSA) is 37.0 Å². The van der Waals surface area contributed by atoms with Crippen LogP contribution in [0.1, 0.15) is 15.4 Å². The first-order valence-electron chi connectivity index (χ1n) is 7.06. The van der Waals surface area contributed by atoms with Crippen LogP contribution >= 0.6 is 0 Å². The molecule has 0 radical (unpaired) electrons. The van der Waals surface area contributed by atoms with Gasteiger partial charge in [-0.2, -0.15) is 0 Å². The molecule has 3 nitrogen and oxygen atoms in total. The minimum absolute atomic E-state index is 0.377. The van der Waals surface area contributed by atoms with Crippen LogP contribution in [0.25, 0.3) is 10.9 Å². The Bertz CT molecular complexity index is 604. The average Bonchev–Trinajstić information content (AvgIpc) is 2.50. The molecule has 1 aliphatic heterocycles. The second kappa shape index (κ2) is 3.83. The van der Waals surface area contributed by atoms with Gasteiger partial charge in [-0.25, -0.2) is 0 Å². The zero-order valence-electron chi connectivity index (χ0n) is 12.0. The molecule has 0 saturated heterocycles. The summed E-state index contributed by atoms with van der Waals surface area (Å²) < 4.78 is 26.3. The van der Waals surface area contributed by atoms with Crippen molar-refractivity contribution in [2.45, 2.75) is 12.8 Å². The number of benzene rings is 1. The summed E-state index contributed by atoms with van der Waals surface area (Å²) in [7, 11) is -2.40. The summed E-state index contributed by atoms with van der Waals surface area (Å²) in [6, 6.07) is 5.43. The maximum absolute atomic E-state index is 7.13. The number of methoxy groups -OCH3 is 1. The summed E-state index contributed by atoms with van der Waals surface area (Å²) in [5.41, 5.74) is 3.53. The Morgan fingerprint density at radius 1 is 1.31 bits per heavy atom. The summed E-state index contributed by atoms with van der Waals surface area (Å²) in [6.07, 6.45) is 1.97. The third-order valence-corrected chi connectivity index (χ3v) is 3.19. The van der Waals surface area contributed by atoms with Crippen LogP contribution in [0.5, 0.6) is 5.75 Å². The molecule has 0 bridgehead atoms. The van der Waals surface area contributed by atoms with Gasteiger partial charge in [-0.15, -0.1) is 0 Å². The summed E-state index contributed by atoms with van der Waals surface area (Å²) in [5.74, 6) is 0.377. The van der Waals surface area contributed by atoms with Gasteiger partial charge < -0.3 is 15.0 Å². The fourth-order valence-electron chi connectivity index (χ4n) is 2.40. The fourth-order valence-corrected chi connectivity index (χ4v) is 2.40. The van der Waals surface area contributed by atoms with Gasteiger partial charge in [0.25, 0.3) is 0 Å². The molecule has 2 N–H and O–H groups in total. The molecule has 2 heterocycles. The highest BCUT2D eigenvalue weighted by molar-refractivity contribution is 5.86. The molecule has 0 unspecified atom stereocenters. The molecule has 1 aromatic heterocycles. The van der Waals surface area contributed by atoms with Crippen molar-refractivity contribution in [3.05, 3.63) is 29.5 Å². The molecule has 84 valence electrons. The van der Waals surface area contributed by atoms with Crippen molar-refractivity contribution in [3.63, 3.8) is 0 Å². The maximum Gasteiger partial charge on any atom is 0.120 e. The zero-order chi connectivity index (χ0) is 13.5. The highest BCUT2D eigenvalue weighted by atomic mass is 16.5. The fraction of sp³-hybridized carbons (Fsp3) is 0.385. The molecular weight excluding hydrogens is 200 g/mol. The van der Waals surface area contributed by atoms with Crippen LogP contribution in [0.3, 0.4) is 0 Å². The van der Waals surface area contributed by atoms with Crippen molar-refractivity contribution < 1.29 is 8.85 Å². The molecule has 1 aromatic carbocycles. The van der Waals surface area contributed by atoms with Crippen molar-refractivity contribution in [2.75, 3.05) is 20.1 Å². The number of ether oxygens (including phenoxy) is 1. The Morgan fingerprint density at radius 3 is 3.19 bits per heavy atom. The molecule has 3 rings (SSSR count). The number of rotatable bonds is 1. The van der Waals surface area contributed by atoms with Gasteiger partial charge in [0.05, 0.1) is 11.2 Å². The average molecular weight is 219 g/mol. The standard InChI is InChI=1S/C13H16N2O/c1-16-9-2-3-10-11-4-6-14-7-5-12(11)15-13(10)8-9/h2-3,8,14-15H,4-7H2,1H3/i1D3. The third kappa shape index (κ3) is 1.48. The lowest BCUT2D eigenvalue weighted by Gasteiger charge is -2.00. The molecular formula is C13H16N2O. The number of H-pyrrole nitrogens is 1. The smallest absolute Gasteiger partial charge is 0.120 e. The Morgan fingerprint density at radius 2 is 2.25 bits per heavy atom. The quantitative estimate of drug-likeness (QED) is 0.768. The van der Waals surface area contributed by atoms with Crippen molar-refractivity contribution in [2.24, 2.45) is 0 Å². The molecule has 1 aliphatic rings. The lowest BCUT2D eigenvalue weighted by atomic mass is 10.1. The van der Waals surface area contributed by atoms with Crippen molar-refractivity contribution in [1.82, 2.24) is 10.3 Å². The van der Waals surface area contributed by atoms with E-state index in [0.717, 1.165) is 36.8 Å². The van der Waals surface area contributed by atoms with E-state index < -0.39 is 7.04 Å². The second-order valence-electron chi connectivity index (χ2n) is 4.14. The Kier molecular flexibility index (Phi) is 1.67. The Hall–Kier alpha value is -1.48. The lowest BCUT2D eigenvalue weighted by molar-refractivity contribution is 0.415. The minimum Gasteiger partial charge on any atom is -0.497 e. The Balaban J connectivity index is 2.01. The maximum atomic E-state index is 7.13. The first kappa shape index (κ1) is 6.97. The molecule has 3 heteroatoms. The van der Waals surface area contributed by atoms with Gasteiger partial charge in [0, 0.05) is 35.6 Å². The van der Waals surface area contributed by atoms with E-state index in [1.54, 1.807) is 12.1 Å². The van der Waals surface area contributed by atoms with Crippen LogP contribution in [0, 0.1) is 0 Å². The number of aromatic nitrogens is 1. The third-order valence-electron chi connectivity index (χ3n) is 3.19. The van der Waals surface area contributed by atoms with Gasteiger partial charge in [-0.1, -0.05) is 0 Å². The second-order valence-corrected chi connectivity index (χ2v) is 4.14. The van der Waals surface area contributed by atoms with Crippen molar-refractivity contribution in [1.29, 1.82) is 0 Å². The van der Waals surface area contributed by atoms with Crippen LogP contribution < -0.4 is 10.1 Å². The zero-order valence-corrected chi connectivity index (χ0v) is 8.97. The number of fused-ring (bicyclic) bond motifs is 3. The van der Waals surface area contributed by atoms with Gasteiger partial charge in [-0.3, -0.25) is 0 Å². The molecule has 0 spiro atoms. The molecule has 0 fully saturated rings. The number of aromatic amines is 1. The highest BCUT2D eigenvalue weighted by Crippen LogP contribution is 2.27. The molecule has 16 heavy (non-hydrogen) atoms. The van der Waals surface area contributed by atoms with Crippen molar-refractivity contribution >= 4 is 10.9 Å². The number of nitrogens with one attached hydrogen (secondary N) is 2. The van der Waals surface area contributed by atoms with E-state index in [1.165, 1.54) is 11.3 Å². The molecule has 2 aromatic rings. The summed E-state index contributed by atoms with van der Waals surface area (Å²) >= 11 is 0. The summed E-state index contributed by atoms with van der Waals surface area (Å²) in [6.45, 7) is 1.95. The van der Waals surface area contributed by atoms with E-state index in [1.807, 2.05) is 6.07 Å². The highest BCUT2D eigenvalue weighted by Gasteiger charge is 2.13. The molecule has 0 aliphatic carbocycles. The predicted molar refractivity (Wildman–Crippen MR) is 65.1 cm³/mol. The SMILES string of the molecule is [2H]C([2H])([2H])Oc1ccc2c3c([nH]c2c1)CCNCC3. The van der Waals surface area contributed by atoms with E-state index in [2.05, 4.69) is 10.3 Å². The summed E-state index contributed by atoms with van der Waals surface area (Å²) in [4.78, 5) is 3.38. The normalized spacial score (nSPS) is 19.4. The van der Waals surface area contributed by atoms with E-state index in [-0.39, 0.29) is 0 Å². The van der Waals surface area contributed by atoms with Gasteiger partial charge in [0.1, 0.15) is 5.75 Å². The predicted octanol–water partition coefficient (Wildman–Crippen LogP) is 1.86. The van der Waals surface area contributed by atoms with Gasteiger partial charge in [0.2, 0.25) is 0 Å². The van der Waals surface area contributed by atoms with E-state index in [9.17, 15) is 0 Å². The molecule has 0 saturated carbocycles. The van der Waals surface area contributed by atoms with E-state index in [4.69, 9.17) is 8.85 Å². The van der Waals surface area contributed by atoms with Crippen LogP contribution in [-0.2, 0) is 12.8 Å².